The maximum Gasteiger partial charge on any atom is 0.0931 e. The fourth-order valence-electron chi connectivity index (χ4n) is 2.31. The third kappa shape index (κ3) is 2.82. The fourth-order valence-corrected chi connectivity index (χ4v) is 2.31. The second kappa shape index (κ2) is 5.67. The lowest BCUT2D eigenvalue weighted by atomic mass is 10.1. The summed E-state index contributed by atoms with van der Waals surface area (Å²) in [6.45, 7) is 7.67. The van der Waals surface area contributed by atoms with Crippen LogP contribution in [0.15, 0.2) is 18.3 Å². The lowest BCUT2D eigenvalue weighted by Crippen LogP contribution is -2.48. The van der Waals surface area contributed by atoms with Crippen LogP contribution in [0.3, 0.4) is 0 Å². The van der Waals surface area contributed by atoms with E-state index in [9.17, 15) is 5.11 Å². The van der Waals surface area contributed by atoms with Gasteiger partial charge in [0.1, 0.15) is 0 Å². The molecule has 2 rings (SSSR count). The predicted molar refractivity (Wildman–Crippen MR) is 71.7 cm³/mol. The Balaban J connectivity index is 2.17. The van der Waals surface area contributed by atoms with Gasteiger partial charge >= 0.3 is 0 Å². The first-order valence-electron chi connectivity index (χ1n) is 6.64. The highest BCUT2D eigenvalue weighted by atomic mass is 16.5. The summed E-state index contributed by atoms with van der Waals surface area (Å²) in [5.74, 6) is 0. The maximum atomic E-state index is 9.47. The van der Waals surface area contributed by atoms with Gasteiger partial charge in [-0.3, -0.25) is 4.98 Å². The molecule has 1 saturated heterocycles. The molecule has 0 amide bonds. The number of hydrogen-bond donors (Lipinski definition) is 1. The minimum absolute atomic E-state index is 0.254. The number of morpholine rings is 1. The molecule has 1 aliphatic heterocycles. The smallest absolute Gasteiger partial charge is 0.0931 e. The van der Waals surface area contributed by atoms with E-state index >= 15 is 0 Å². The van der Waals surface area contributed by atoms with Crippen LogP contribution in [0.1, 0.15) is 39.0 Å². The van der Waals surface area contributed by atoms with Crippen LogP contribution in [0.5, 0.6) is 0 Å². The van der Waals surface area contributed by atoms with Crippen LogP contribution in [-0.2, 0) is 4.74 Å². The predicted octanol–water partition coefficient (Wildman–Crippen LogP) is 2.14. The van der Waals surface area contributed by atoms with Crippen molar-refractivity contribution in [1.82, 2.24) is 4.98 Å². The SMILES string of the molecule is CCC1COC(C)CN1c1ccc(C(C)O)nc1. The lowest BCUT2D eigenvalue weighted by Gasteiger charge is -2.39. The molecule has 1 N–H and O–H groups in total. The van der Waals surface area contributed by atoms with Gasteiger partial charge in [0.05, 0.1) is 42.4 Å². The van der Waals surface area contributed by atoms with Gasteiger partial charge in [0, 0.05) is 6.54 Å². The highest BCUT2D eigenvalue weighted by molar-refractivity contribution is 5.46. The molecule has 1 aliphatic rings. The lowest BCUT2D eigenvalue weighted by molar-refractivity contribution is 0.0299. The third-order valence-corrected chi connectivity index (χ3v) is 3.47. The molecule has 0 radical (unpaired) electrons. The van der Waals surface area contributed by atoms with Gasteiger partial charge in [-0.1, -0.05) is 6.92 Å². The van der Waals surface area contributed by atoms with Crippen molar-refractivity contribution in [3.05, 3.63) is 24.0 Å². The van der Waals surface area contributed by atoms with Gasteiger partial charge in [-0.15, -0.1) is 0 Å². The van der Waals surface area contributed by atoms with Crippen molar-refractivity contribution in [2.24, 2.45) is 0 Å². The summed E-state index contributed by atoms with van der Waals surface area (Å²) in [6, 6.07) is 4.35. The Hall–Kier alpha value is -1.13. The minimum Gasteiger partial charge on any atom is -0.387 e. The quantitative estimate of drug-likeness (QED) is 0.892. The number of aliphatic hydroxyl groups excluding tert-OH is 1. The Morgan fingerprint density at radius 2 is 2.33 bits per heavy atom. The van der Waals surface area contributed by atoms with E-state index in [0.29, 0.717) is 11.7 Å². The molecule has 4 heteroatoms. The van der Waals surface area contributed by atoms with Crippen molar-refractivity contribution < 1.29 is 9.84 Å². The van der Waals surface area contributed by atoms with E-state index in [1.54, 1.807) is 6.92 Å². The molecule has 1 aromatic heterocycles. The Labute approximate surface area is 109 Å². The minimum atomic E-state index is -0.510. The molecule has 100 valence electrons. The van der Waals surface area contributed by atoms with Crippen LogP contribution < -0.4 is 4.90 Å². The molecule has 18 heavy (non-hydrogen) atoms. The van der Waals surface area contributed by atoms with Crippen molar-refractivity contribution in [3.63, 3.8) is 0 Å². The first kappa shape index (κ1) is 13.3. The number of aliphatic hydroxyl groups is 1. The third-order valence-electron chi connectivity index (χ3n) is 3.47. The van der Waals surface area contributed by atoms with Crippen molar-refractivity contribution in [2.45, 2.75) is 45.4 Å². The molecule has 0 aromatic carbocycles. The standard InChI is InChI=1S/C14H22N2O2/c1-4-12-9-18-10(2)8-16(12)13-5-6-14(11(3)17)15-7-13/h5-7,10-12,17H,4,8-9H2,1-3H3. The average Bonchev–Trinajstić information content (AvgIpc) is 2.39. The van der Waals surface area contributed by atoms with Crippen LogP contribution in [0.2, 0.25) is 0 Å². The second-order valence-electron chi connectivity index (χ2n) is 4.98. The molecule has 3 unspecified atom stereocenters. The van der Waals surface area contributed by atoms with Crippen molar-refractivity contribution >= 4 is 5.69 Å². The van der Waals surface area contributed by atoms with E-state index < -0.39 is 6.10 Å². The van der Waals surface area contributed by atoms with E-state index in [1.807, 2.05) is 18.3 Å². The fraction of sp³-hybridized carbons (Fsp3) is 0.643. The molecular weight excluding hydrogens is 228 g/mol. The van der Waals surface area contributed by atoms with Crippen LogP contribution in [0.25, 0.3) is 0 Å². The molecule has 0 saturated carbocycles. The maximum absolute atomic E-state index is 9.47. The number of ether oxygens (including phenoxy) is 1. The largest absolute Gasteiger partial charge is 0.387 e. The Morgan fingerprint density at radius 3 is 2.89 bits per heavy atom. The number of pyridine rings is 1. The Kier molecular flexibility index (Phi) is 4.19. The van der Waals surface area contributed by atoms with E-state index in [4.69, 9.17) is 4.74 Å². The summed E-state index contributed by atoms with van der Waals surface area (Å²) >= 11 is 0. The molecule has 0 aliphatic carbocycles. The van der Waals surface area contributed by atoms with Gasteiger partial charge in [0.2, 0.25) is 0 Å². The van der Waals surface area contributed by atoms with E-state index in [-0.39, 0.29) is 6.10 Å². The van der Waals surface area contributed by atoms with Crippen molar-refractivity contribution in [3.8, 4) is 0 Å². The molecule has 0 bridgehead atoms. The molecule has 1 aromatic rings. The van der Waals surface area contributed by atoms with Gasteiger partial charge in [0.25, 0.3) is 0 Å². The Bertz CT molecular complexity index is 378. The van der Waals surface area contributed by atoms with Gasteiger partial charge in [0.15, 0.2) is 0 Å². The zero-order valence-electron chi connectivity index (χ0n) is 11.3. The van der Waals surface area contributed by atoms with Crippen LogP contribution in [0.4, 0.5) is 5.69 Å². The highest BCUT2D eigenvalue weighted by Gasteiger charge is 2.25. The van der Waals surface area contributed by atoms with Crippen LogP contribution in [0, 0.1) is 0 Å². The topological polar surface area (TPSA) is 45.6 Å². The number of aromatic nitrogens is 1. The normalized spacial score (nSPS) is 26.1. The Morgan fingerprint density at radius 1 is 1.56 bits per heavy atom. The van der Waals surface area contributed by atoms with E-state index in [0.717, 1.165) is 25.3 Å². The average molecular weight is 250 g/mol. The summed E-state index contributed by atoms with van der Waals surface area (Å²) in [6.07, 6.45) is 2.65. The zero-order chi connectivity index (χ0) is 13.1. The number of rotatable bonds is 3. The summed E-state index contributed by atoms with van der Waals surface area (Å²) in [4.78, 5) is 6.67. The molecule has 4 nitrogen and oxygen atoms in total. The van der Waals surface area contributed by atoms with Crippen LogP contribution >= 0.6 is 0 Å². The molecule has 0 spiro atoms. The number of nitrogens with zero attached hydrogens (tertiary/aromatic N) is 2. The summed E-state index contributed by atoms with van der Waals surface area (Å²) < 4.78 is 5.69. The van der Waals surface area contributed by atoms with E-state index in [1.165, 1.54) is 0 Å². The highest BCUT2D eigenvalue weighted by Crippen LogP contribution is 2.23. The number of hydrogen-bond acceptors (Lipinski definition) is 4. The van der Waals surface area contributed by atoms with Crippen molar-refractivity contribution in [2.75, 3.05) is 18.1 Å². The molecular formula is C14H22N2O2. The second-order valence-corrected chi connectivity index (χ2v) is 4.98. The van der Waals surface area contributed by atoms with Gasteiger partial charge in [-0.2, -0.15) is 0 Å². The zero-order valence-corrected chi connectivity index (χ0v) is 11.3. The van der Waals surface area contributed by atoms with E-state index in [2.05, 4.69) is 23.7 Å². The molecule has 3 atom stereocenters. The van der Waals surface area contributed by atoms with Crippen LogP contribution in [-0.4, -0.2) is 35.4 Å². The number of anilines is 1. The first-order chi connectivity index (χ1) is 8.61. The first-order valence-corrected chi connectivity index (χ1v) is 6.64. The van der Waals surface area contributed by atoms with Gasteiger partial charge in [-0.05, 0) is 32.4 Å². The van der Waals surface area contributed by atoms with Crippen molar-refractivity contribution in [1.29, 1.82) is 0 Å². The van der Waals surface area contributed by atoms with Gasteiger partial charge in [-0.25, -0.2) is 0 Å². The summed E-state index contributed by atoms with van der Waals surface area (Å²) in [5, 5.41) is 9.47. The summed E-state index contributed by atoms with van der Waals surface area (Å²) in [7, 11) is 0. The van der Waals surface area contributed by atoms with Gasteiger partial charge < -0.3 is 14.7 Å². The molecule has 1 fully saturated rings. The molecule has 2 heterocycles. The summed E-state index contributed by atoms with van der Waals surface area (Å²) in [5.41, 5.74) is 1.83. The monoisotopic (exact) mass is 250 g/mol.